The molecule has 0 spiro atoms. The number of hydrogen-bond acceptors (Lipinski definition) is 3. The average molecular weight is 195 g/mol. The Morgan fingerprint density at radius 1 is 1.62 bits per heavy atom. The topological polar surface area (TPSA) is 33.1 Å². The summed E-state index contributed by atoms with van der Waals surface area (Å²) in [6.45, 7) is 0. The highest BCUT2D eigenvalue weighted by molar-refractivity contribution is 7.09. The third kappa shape index (κ3) is 2.17. The molecule has 1 aliphatic rings. The van der Waals surface area contributed by atoms with E-state index in [-0.39, 0.29) is 0 Å². The highest BCUT2D eigenvalue weighted by Gasteiger charge is 2.25. The van der Waals surface area contributed by atoms with Crippen LogP contribution in [-0.4, -0.2) is 15.7 Å². The fourth-order valence-electron chi connectivity index (χ4n) is 1.69. The van der Waals surface area contributed by atoms with Crippen LogP contribution in [0.25, 0.3) is 0 Å². The molecule has 0 radical (unpaired) electrons. The number of thiazole rings is 1. The Balaban J connectivity index is 2.08. The minimum atomic E-state index is -0.606. The Hall–Kier alpha value is -0.670. The minimum absolute atomic E-state index is 0.606. The van der Waals surface area contributed by atoms with E-state index in [9.17, 15) is 5.11 Å². The number of aliphatic hydroxyl groups is 1. The highest BCUT2D eigenvalue weighted by Crippen LogP contribution is 2.26. The smallest absolute Gasteiger partial charge is 0.0876 e. The van der Waals surface area contributed by atoms with Gasteiger partial charge in [-0.3, -0.25) is 4.98 Å². The van der Waals surface area contributed by atoms with Crippen molar-refractivity contribution in [3.05, 3.63) is 28.7 Å². The first kappa shape index (κ1) is 8.91. The fraction of sp³-hybridized carbons (Fsp3) is 0.500. The molecule has 0 saturated heterocycles. The number of aromatic nitrogens is 1. The van der Waals surface area contributed by atoms with Crippen LogP contribution in [0.4, 0.5) is 0 Å². The van der Waals surface area contributed by atoms with E-state index >= 15 is 0 Å². The Morgan fingerprint density at radius 3 is 3.15 bits per heavy atom. The lowest BCUT2D eigenvalue weighted by molar-refractivity contribution is 0.0759. The van der Waals surface area contributed by atoms with E-state index in [0.29, 0.717) is 6.42 Å². The zero-order valence-corrected chi connectivity index (χ0v) is 8.26. The fourth-order valence-corrected chi connectivity index (χ4v) is 2.40. The molecule has 1 unspecified atom stereocenters. The molecule has 3 heteroatoms. The van der Waals surface area contributed by atoms with Crippen LogP contribution in [0.5, 0.6) is 0 Å². The van der Waals surface area contributed by atoms with Crippen LogP contribution >= 0.6 is 11.3 Å². The largest absolute Gasteiger partial charge is 0.385 e. The van der Waals surface area contributed by atoms with Crippen molar-refractivity contribution in [3.8, 4) is 0 Å². The molecule has 1 heterocycles. The molecule has 2 rings (SSSR count). The zero-order valence-electron chi connectivity index (χ0n) is 7.44. The molecule has 2 nitrogen and oxygen atoms in total. The second-order valence-corrected chi connectivity index (χ2v) is 4.51. The second kappa shape index (κ2) is 3.60. The summed E-state index contributed by atoms with van der Waals surface area (Å²) in [6, 6.07) is 0. The van der Waals surface area contributed by atoms with E-state index in [1.54, 1.807) is 11.3 Å². The van der Waals surface area contributed by atoms with Gasteiger partial charge in [-0.05, 0) is 19.3 Å². The molecule has 1 aliphatic carbocycles. The SMILES string of the molecule is OC1(Cc2cncs2)C=CCCC1. The van der Waals surface area contributed by atoms with E-state index in [2.05, 4.69) is 11.1 Å². The van der Waals surface area contributed by atoms with Crippen molar-refractivity contribution in [1.82, 2.24) is 4.98 Å². The van der Waals surface area contributed by atoms with Crippen molar-refractivity contribution >= 4 is 11.3 Å². The lowest BCUT2D eigenvalue weighted by Crippen LogP contribution is -2.30. The van der Waals surface area contributed by atoms with Gasteiger partial charge in [0.1, 0.15) is 0 Å². The number of rotatable bonds is 2. The van der Waals surface area contributed by atoms with Crippen molar-refractivity contribution in [2.24, 2.45) is 0 Å². The molecule has 1 aromatic rings. The number of allylic oxidation sites excluding steroid dienone is 1. The molecular weight excluding hydrogens is 182 g/mol. The Kier molecular flexibility index (Phi) is 2.47. The summed E-state index contributed by atoms with van der Waals surface area (Å²) >= 11 is 1.61. The van der Waals surface area contributed by atoms with Crippen LogP contribution in [0, 0.1) is 0 Å². The Morgan fingerprint density at radius 2 is 2.54 bits per heavy atom. The molecule has 70 valence electrons. The predicted molar refractivity (Wildman–Crippen MR) is 53.8 cm³/mol. The zero-order chi connectivity index (χ0) is 9.15. The molecule has 0 bridgehead atoms. The highest BCUT2D eigenvalue weighted by atomic mass is 32.1. The molecule has 1 aromatic heterocycles. The van der Waals surface area contributed by atoms with E-state index in [1.807, 2.05) is 17.8 Å². The Bertz CT molecular complexity index is 294. The van der Waals surface area contributed by atoms with Gasteiger partial charge in [0.05, 0.1) is 11.1 Å². The van der Waals surface area contributed by atoms with E-state index in [0.717, 1.165) is 24.1 Å². The maximum absolute atomic E-state index is 10.1. The van der Waals surface area contributed by atoms with Gasteiger partial charge in [-0.1, -0.05) is 12.2 Å². The van der Waals surface area contributed by atoms with Crippen LogP contribution in [-0.2, 0) is 6.42 Å². The summed E-state index contributed by atoms with van der Waals surface area (Å²) in [4.78, 5) is 5.16. The average Bonchev–Trinajstić information content (AvgIpc) is 2.57. The lowest BCUT2D eigenvalue weighted by Gasteiger charge is -2.26. The van der Waals surface area contributed by atoms with Gasteiger partial charge < -0.3 is 5.11 Å². The minimum Gasteiger partial charge on any atom is -0.385 e. The standard InChI is InChI=1S/C10H13NOS/c12-10(4-2-1-3-5-10)6-9-7-11-8-13-9/h2,4,7-8,12H,1,3,5-6H2. The molecule has 0 aromatic carbocycles. The number of nitrogens with zero attached hydrogens (tertiary/aromatic N) is 1. The third-order valence-electron chi connectivity index (χ3n) is 2.37. The molecule has 1 atom stereocenters. The quantitative estimate of drug-likeness (QED) is 0.733. The summed E-state index contributed by atoms with van der Waals surface area (Å²) < 4.78 is 0. The van der Waals surface area contributed by atoms with Gasteiger partial charge >= 0.3 is 0 Å². The van der Waals surface area contributed by atoms with Gasteiger partial charge in [-0.2, -0.15) is 0 Å². The summed E-state index contributed by atoms with van der Waals surface area (Å²) in [7, 11) is 0. The van der Waals surface area contributed by atoms with Crippen molar-refractivity contribution < 1.29 is 5.11 Å². The normalized spacial score (nSPS) is 27.8. The van der Waals surface area contributed by atoms with Crippen molar-refractivity contribution in [2.45, 2.75) is 31.3 Å². The molecule has 0 fully saturated rings. The van der Waals surface area contributed by atoms with Gasteiger partial charge in [-0.15, -0.1) is 11.3 Å². The first-order valence-electron chi connectivity index (χ1n) is 4.56. The maximum Gasteiger partial charge on any atom is 0.0876 e. The predicted octanol–water partition coefficient (Wildman–Crippen LogP) is 2.16. The van der Waals surface area contributed by atoms with Gasteiger partial charge in [-0.25, -0.2) is 0 Å². The lowest BCUT2D eigenvalue weighted by atomic mass is 9.88. The van der Waals surface area contributed by atoms with Gasteiger partial charge in [0.25, 0.3) is 0 Å². The first-order valence-corrected chi connectivity index (χ1v) is 5.44. The summed E-state index contributed by atoms with van der Waals surface area (Å²) in [5.74, 6) is 0. The molecule has 0 amide bonds. The van der Waals surface area contributed by atoms with Crippen LogP contribution in [0.2, 0.25) is 0 Å². The monoisotopic (exact) mass is 195 g/mol. The van der Waals surface area contributed by atoms with Gasteiger partial charge in [0.15, 0.2) is 0 Å². The molecule has 1 N–H and O–H groups in total. The second-order valence-electron chi connectivity index (χ2n) is 3.54. The van der Waals surface area contributed by atoms with Crippen LogP contribution in [0.1, 0.15) is 24.1 Å². The Labute approximate surface area is 81.9 Å². The van der Waals surface area contributed by atoms with E-state index in [1.165, 1.54) is 0 Å². The van der Waals surface area contributed by atoms with Crippen molar-refractivity contribution in [1.29, 1.82) is 0 Å². The van der Waals surface area contributed by atoms with Gasteiger partial charge in [0.2, 0.25) is 0 Å². The molecule has 0 saturated carbocycles. The maximum atomic E-state index is 10.1. The van der Waals surface area contributed by atoms with Crippen LogP contribution in [0.15, 0.2) is 23.9 Å². The molecule has 13 heavy (non-hydrogen) atoms. The third-order valence-corrected chi connectivity index (χ3v) is 3.15. The van der Waals surface area contributed by atoms with E-state index in [4.69, 9.17) is 0 Å². The summed E-state index contributed by atoms with van der Waals surface area (Å²) in [5.41, 5.74) is 1.20. The van der Waals surface area contributed by atoms with Crippen LogP contribution < -0.4 is 0 Å². The van der Waals surface area contributed by atoms with Crippen LogP contribution in [0.3, 0.4) is 0 Å². The molecular formula is C10H13NOS. The summed E-state index contributed by atoms with van der Waals surface area (Å²) in [6.07, 6.45) is 9.64. The molecule has 0 aliphatic heterocycles. The van der Waals surface area contributed by atoms with Crippen molar-refractivity contribution in [3.63, 3.8) is 0 Å². The van der Waals surface area contributed by atoms with Gasteiger partial charge in [0, 0.05) is 17.5 Å². The van der Waals surface area contributed by atoms with Crippen molar-refractivity contribution in [2.75, 3.05) is 0 Å². The number of hydrogen-bond donors (Lipinski definition) is 1. The first-order chi connectivity index (χ1) is 6.29. The van der Waals surface area contributed by atoms with E-state index < -0.39 is 5.60 Å². The summed E-state index contributed by atoms with van der Waals surface area (Å²) in [5, 5.41) is 10.1.